The zero-order chi connectivity index (χ0) is 13.6. The van der Waals surface area contributed by atoms with Gasteiger partial charge < -0.3 is 14.6 Å². The first-order valence-electron chi connectivity index (χ1n) is 6.48. The normalized spacial score (nSPS) is 13.4. The molecule has 1 rings (SSSR count). The summed E-state index contributed by atoms with van der Waals surface area (Å²) >= 11 is 0. The molecular weight excluding hydrogens is 228 g/mol. The van der Waals surface area contributed by atoms with E-state index in [4.69, 9.17) is 9.47 Å². The maximum atomic E-state index is 10.2. The maximum absolute atomic E-state index is 10.2. The second-order valence-electron chi connectivity index (χ2n) is 5.33. The molecule has 0 fully saturated rings. The summed E-state index contributed by atoms with van der Waals surface area (Å²) in [6, 6.07) is 7.56. The smallest absolute Gasteiger partial charge is 0.125 e. The number of hydrogen-bond acceptors (Lipinski definition) is 3. The number of para-hydroxylation sites is 1. The molecule has 0 heterocycles. The highest BCUT2D eigenvalue weighted by Crippen LogP contribution is 2.26. The topological polar surface area (TPSA) is 38.7 Å². The monoisotopic (exact) mass is 252 g/mol. The molecule has 0 aliphatic heterocycles. The third-order valence-electron chi connectivity index (χ3n) is 2.41. The molecule has 1 N–H and O–H groups in total. The molecule has 3 heteroatoms. The predicted molar refractivity (Wildman–Crippen MR) is 72.9 cm³/mol. The summed E-state index contributed by atoms with van der Waals surface area (Å²) in [6.07, 6.45) is 0.292. The van der Waals surface area contributed by atoms with E-state index in [1.165, 1.54) is 0 Å². The van der Waals surface area contributed by atoms with Crippen molar-refractivity contribution in [3.8, 4) is 5.75 Å². The molecule has 1 atom stereocenters. The fraction of sp³-hybridized carbons (Fsp3) is 0.600. The second kappa shape index (κ2) is 6.76. The van der Waals surface area contributed by atoms with Crippen LogP contribution in [-0.2, 0) is 4.74 Å². The van der Waals surface area contributed by atoms with Gasteiger partial charge in [0.2, 0.25) is 0 Å². The van der Waals surface area contributed by atoms with Crippen molar-refractivity contribution < 1.29 is 14.6 Å². The molecule has 1 aromatic rings. The van der Waals surface area contributed by atoms with Crippen LogP contribution in [0.2, 0.25) is 0 Å². The van der Waals surface area contributed by atoms with Crippen LogP contribution in [0.4, 0.5) is 0 Å². The minimum absolute atomic E-state index is 0.250. The molecule has 0 bridgehead atoms. The van der Waals surface area contributed by atoms with Crippen LogP contribution in [0.25, 0.3) is 0 Å². The molecule has 0 saturated carbocycles. The minimum atomic E-state index is -0.655. The van der Waals surface area contributed by atoms with Crippen LogP contribution in [0.15, 0.2) is 24.3 Å². The standard InChI is InChI=1S/C15H24O3/c1-5-10-17-14-9-7-6-8-12(14)13(16)11-18-15(2,3)4/h6-9,13,16H,5,10-11H2,1-4H3. The number of ether oxygens (including phenoxy) is 2. The Hall–Kier alpha value is -1.06. The highest BCUT2D eigenvalue weighted by molar-refractivity contribution is 5.35. The number of benzene rings is 1. The molecule has 3 nitrogen and oxygen atoms in total. The minimum Gasteiger partial charge on any atom is -0.493 e. The van der Waals surface area contributed by atoms with Gasteiger partial charge in [-0.2, -0.15) is 0 Å². The van der Waals surface area contributed by atoms with Gasteiger partial charge in [0.15, 0.2) is 0 Å². The Morgan fingerprint density at radius 1 is 1.22 bits per heavy atom. The summed E-state index contributed by atoms with van der Waals surface area (Å²) < 4.78 is 11.2. The molecule has 102 valence electrons. The van der Waals surface area contributed by atoms with E-state index < -0.39 is 6.10 Å². The van der Waals surface area contributed by atoms with E-state index in [2.05, 4.69) is 6.92 Å². The quantitative estimate of drug-likeness (QED) is 0.844. The van der Waals surface area contributed by atoms with Gasteiger partial charge in [0, 0.05) is 5.56 Å². The van der Waals surface area contributed by atoms with Crippen LogP contribution < -0.4 is 4.74 Å². The first-order chi connectivity index (χ1) is 8.44. The predicted octanol–water partition coefficient (Wildman–Crippen LogP) is 3.32. The highest BCUT2D eigenvalue weighted by Gasteiger charge is 2.17. The Morgan fingerprint density at radius 3 is 2.50 bits per heavy atom. The van der Waals surface area contributed by atoms with E-state index in [-0.39, 0.29) is 12.2 Å². The lowest BCUT2D eigenvalue weighted by molar-refractivity contribution is -0.0501. The van der Waals surface area contributed by atoms with E-state index in [1.54, 1.807) is 0 Å². The molecule has 0 amide bonds. The van der Waals surface area contributed by atoms with E-state index in [9.17, 15) is 5.11 Å². The third kappa shape index (κ3) is 5.07. The van der Waals surface area contributed by atoms with Crippen LogP contribution in [0.3, 0.4) is 0 Å². The van der Waals surface area contributed by atoms with Gasteiger partial charge >= 0.3 is 0 Å². The van der Waals surface area contributed by atoms with Gasteiger partial charge in [-0.25, -0.2) is 0 Å². The Labute approximate surface area is 110 Å². The fourth-order valence-electron chi connectivity index (χ4n) is 1.52. The molecule has 1 aromatic carbocycles. The van der Waals surface area contributed by atoms with Gasteiger partial charge in [0.1, 0.15) is 11.9 Å². The fourth-order valence-corrected chi connectivity index (χ4v) is 1.52. The van der Waals surface area contributed by atoms with Gasteiger partial charge in [-0.05, 0) is 33.3 Å². The van der Waals surface area contributed by atoms with Crippen molar-refractivity contribution in [2.75, 3.05) is 13.2 Å². The summed E-state index contributed by atoms with van der Waals surface area (Å²) in [5.74, 6) is 0.740. The molecule has 18 heavy (non-hydrogen) atoms. The van der Waals surface area contributed by atoms with Crippen LogP contribution >= 0.6 is 0 Å². The first-order valence-corrected chi connectivity index (χ1v) is 6.48. The number of hydrogen-bond donors (Lipinski definition) is 1. The molecule has 0 saturated heterocycles. The molecule has 0 aromatic heterocycles. The van der Waals surface area contributed by atoms with E-state index in [0.29, 0.717) is 6.61 Å². The molecule has 0 radical (unpaired) electrons. The zero-order valence-electron chi connectivity index (χ0n) is 11.8. The second-order valence-corrected chi connectivity index (χ2v) is 5.33. The molecule has 0 aliphatic rings. The summed E-state index contributed by atoms with van der Waals surface area (Å²) in [4.78, 5) is 0. The van der Waals surface area contributed by atoms with Crippen molar-refractivity contribution in [1.29, 1.82) is 0 Å². The average Bonchev–Trinajstić information content (AvgIpc) is 2.33. The Balaban J connectivity index is 2.69. The summed E-state index contributed by atoms with van der Waals surface area (Å²) in [5, 5.41) is 10.2. The van der Waals surface area contributed by atoms with Crippen molar-refractivity contribution >= 4 is 0 Å². The van der Waals surface area contributed by atoms with E-state index in [1.807, 2.05) is 45.0 Å². The lowest BCUT2D eigenvalue weighted by Crippen LogP contribution is -2.23. The highest BCUT2D eigenvalue weighted by atomic mass is 16.5. The van der Waals surface area contributed by atoms with Gasteiger partial charge in [0.05, 0.1) is 18.8 Å². The average molecular weight is 252 g/mol. The first kappa shape index (κ1) is 15.0. The van der Waals surface area contributed by atoms with Crippen molar-refractivity contribution in [2.24, 2.45) is 0 Å². The van der Waals surface area contributed by atoms with E-state index in [0.717, 1.165) is 17.7 Å². The van der Waals surface area contributed by atoms with Crippen LogP contribution in [-0.4, -0.2) is 23.9 Å². The van der Waals surface area contributed by atoms with E-state index >= 15 is 0 Å². The lowest BCUT2D eigenvalue weighted by Gasteiger charge is -2.23. The molecule has 0 aliphatic carbocycles. The van der Waals surface area contributed by atoms with Crippen molar-refractivity contribution in [3.63, 3.8) is 0 Å². The Kier molecular flexibility index (Phi) is 5.63. The summed E-state index contributed by atoms with van der Waals surface area (Å²) in [5.41, 5.74) is 0.537. The Bertz CT molecular complexity index is 355. The number of aliphatic hydroxyl groups is 1. The number of aliphatic hydroxyl groups excluding tert-OH is 1. The zero-order valence-corrected chi connectivity index (χ0v) is 11.8. The van der Waals surface area contributed by atoms with Crippen molar-refractivity contribution in [3.05, 3.63) is 29.8 Å². The third-order valence-corrected chi connectivity index (χ3v) is 2.41. The summed E-state index contributed by atoms with van der Waals surface area (Å²) in [7, 11) is 0. The summed E-state index contributed by atoms with van der Waals surface area (Å²) in [6.45, 7) is 8.90. The molecular formula is C15H24O3. The van der Waals surface area contributed by atoms with Gasteiger partial charge in [0.25, 0.3) is 0 Å². The van der Waals surface area contributed by atoms with Crippen molar-refractivity contribution in [1.82, 2.24) is 0 Å². The van der Waals surface area contributed by atoms with Crippen LogP contribution in [0.1, 0.15) is 45.8 Å². The largest absolute Gasteiger partial charge is 0.493 e. The van der Waals surface area contributed by atoms with Crippen LogP contribution in [0.5, 0.6) is 5.75 Å². The maximum Gasteiger partial charge on any atom is 0.125 e. The van der Waals surface area contributed by atoms with Crippen LogP contribution in [0, 0.1) is 0 Å². The van der Waals surface area contributed by atoms with Gasteiger partial charge in [-0.3, -0.25) is 0 Å². The number of rotatable bonds is 6. The molecule has 1 unspecified atom stereocenters. The lowest BCUT2D eigenvalue weighted by atomic mass is 10.1. The van der Waals surface area contributed by atoms with Crippen molar-refractivity contribution in [2.45, 2.75) is 45.8 Å². The Morgan fingerprint density at radius 2 is 1.89 bits per heavy atom. The SMILES string of the molecule is CCCOc1ccccc1C(O)COC(C)(C)C. The van der Waals surface area contributed by atoms with Gasteiger partial charge in [-0.1, -0.05) is 25.1 Å². The molecule has 0 spiro atoms. The van der Waals surface area contributed by atoms with Gasteiger partial charge in [-0.15, -0.1) is 0 Å².